The minimum absolute atomic E-state index is 0.0107. The molecule has 1 heterocycles. The first-order chi connectivity index (χ1) is 14.3. The molecule has 3 rings (SSSR count). The second-order valence-electron chi connectivity index (χ2n) is 6.11. The molecule has 1 amide bonds. The lowest BCUT2D eigenvalue weighted by Gasteiger charge is -2.11. The maximum atomic E-state index is 12.7. The van der Waals surface area contributed by atoms with Crippen LogP contribution in [0.1, 0.15) is 12.8 Å². The van der Waals surface area contributed by atoms with E-state index < -0.39 is 10.0 Å². The first kappa shape index (κ1) is 21.8. The number of carbonyl (C=O) groups excluding carboxylic acids is 1. The topological polar surface area (TPSA) is 123 Å². The fourth-order valence-electron chi connectivity index (χ4n) is 2.59. The van der Waals surface area contributed by atoms with E-state index in [1.165, 1.54) is 30.8 Å². The highest BCUT2D eigenvalue weighted by atomic mass is 32.2. The summed E-state index contributed by atoms with van der Waals surface area (Å²) in [5.74, 6) is 0.784. The Bertz CT molecular complexity index is 1160. The van der Waals surface area contributed by atoms with E-state index in [4.69, 9.17) is 9.26 Å². The van der Waals surface area contributed by atoms with Crippen molar-refractivity contribution in [2.45, 2.75) is 23.3 Å². The summed E-state index contributed by atoms with van der Waals surface area (Å²) in [4.78, 5) is 16.4. The van der Waals surface area contributed by atoms with E-state index in [1.54, 1.807) is 37.4 Å². The maximum absolute atomic E-state index is 12.7. The summed E-state index contributed by atoms with van der Waals surface area (Å²) in [7, 11) is -2.31. The second-order valence-corrected chi connectivity index (χ2v) is 8.73. The van der Waals surface area contributed by atoms with Gasteiger partial charge in [0.05, 0.1) is 24.2 Å². The minimum atomic E-state index is -3.87. The van der Waals surface area contributed by atoms with Crippen LogP contribution in [0.5, 0.6) is 5.75 Å². The van der Waals surface area contributed by atoms with Gasteiger partial charge in [0, 0.05) is 17.4 Å². The lowest BCUT2D eigenvalue weighted by molar-refractivity contribution is -0.114. The number of thioether (sulfide) groups is 1. The van der Waals surface area contributed by atoms with Crippen LogP contribution in [0.4, 0.5) is 5.69 Å². The Morgan fingerprint density at radius 2 is 2.03 bits per heavy atom. The van der Waals surface area contributed by atoms with Gasteiger partial charge in [-0.3, -0.25) is 4.79 Å². The number of nitrogens with zero attached hydrogens (tertiary/aromatic N) is 2. The number of ether oxygens (including phenoxy) is 1. The molecular weight excluding hydrogens is 428 g/mol. The molecule has 30 heavy (non-hydrogen) atoms. The molecule has 0 bridgehead atoms. The Hall–Kier alpha value is -2.89. The van der Waals surface area contributed by atoms with Gasteiger partial charge in [0.15, 0.2) is 0 Å². The van der Waals surface area contributed by atoms with Crippen molar-refractivity contribution in [3.8, 4) is 17.1 Å². The van der Waals surface area contributed by atoms with Crippen molar-refractivity contribution >= 4 is 33.4 Å². The molecule has 158 valence electrons. The summed E-state index contributed by atoms with van der Waals surface area (Å²) in [6.45, 7) is 1.18. The number of rotatable bonds is 8. The van der Waals surface area contributed by atoms with Crippen LogP contribution in [0.2, 0.25) is 0 Å². The van der Waals surface area contributed by atoms with Crippen molar-refractivity contribution < 1.29 is 22.5 Å². The molecule has 0 unspecified atom stereocenters. The normalized spacial score (nSPS) is 11.3. The van der Waals surface area contributed by atoms with Gasteiger partial charge < -0.3 is 14.6 Å². The van der Waals surface area contributed by atoms with Gasteiger partial charge in [-0.25, -0.2) is 13.1 Å². The quantitative estimate of drug-likeness (QED) is 0.504. The van der Waals surface area contributed by atoms with Gasteiger partial charge in [-0.15, -0.1) is 11.8 Å². The van der Waals surface area contributed by atoms with Crippen molar-refractivity contribution in [2.75, 3.05) is 18.7 Å². The molecule has 0 aliphatic rings. The number of sulfonamides is 1. The van der Waals surface area contributed by atoms with Crippen LogP contribution in [0.15, 0.2) is 56.8 Å². The van der Waals surface area contributed by atoms with Crippen molar-refractivity contribution in [1.29, 1.82) is 0 Å². The number of methoxy groups -OCH3 is 1. The standard InChI is InChI=1S/C19H20N4O5S2/c1-12(24)21-16-10-15(7-8-17(16)29-3)30(25,26)20-11-18-22-19(23-28-18)13-5-4-6-14(9-13)27-2/h4-10,20H,11H2,1-3H3,(H,21,24). The number of carbonyl (C=O) groups is 1. The zero-order valence-electron chi connectivity index (χ0n) is 16.5. The van der Waals surface area contributed by atoms with Crippen LogP contribution in [0.3, 0.4) is 0 Å². The van der Waals surface area contributed by atoms with Gasteiger partial charge in [-0.1, -0.05) is 17.3 Å². The van der Waals surface area contributed by atoms with E-state index >= 15 is 0 Å². The zero-order chi connectivity index (χ0) is 21.7. The predicted molar refractivity (Wildman–Crippen MR) is 113 cm³/mol. The molecule has 0 saturated carbocycles. The van der Waals surface area contributed by atoms with Crippen LogP contribution >= 0.6 is 11.8 Å². The first-order valence-corrected chi connectivity index (χ1v) is 11.5. The van der Waals surface area contributed by atoms with Crippen molar-refractivity contribution in [3.05, 3.63) is 48.4 Å². The van der Waals surface area contributed by atoms with E-state index in [2.05, 4.69) is 20.2 Å². The average Bonchev–Trinajstić information content (AvgIpc) is 3.21. The van der Waals surface area contributed by atoms with Gasteiger partial charge in [0.2, 0.25) is 27.6 Å². The monoisotopic (exact) mass is 448 g/mol. The molecule has 2 aromatic carbocycles. The maximum Gasteiger partial charge on any atom is 0.242 e. The highest BCUT2D eigenvalue weighted by Gasteiger charge is 2.18. The van der Waals surface area contributed by atoms with Gasteiger partial charge in [0.25, 0.3) is 0 Å². The lowest BCUT2D eigenvalue weighted by atomic mass is 10.2. The van der Waals surface area contributed by atoms with E-state index in [-0.39, 0.29) is 23.2 Å². The van der Waals surface area contributed by atoms with E-state index in [9.17, 15) is 13.2 Å². The number of nitrogens with one attached hydrogen (secondary N) is 2. The zero-order valence-corrected chi connectivity index (χ0v) is 18.1. The van der Waals surface area contributed by atoms with Crippen LogP contribution in [0.25, 0.3) is 11.4 Å². The Balaban J connectivity index is 1.75. The summed E-state index contributed by atoms with van der Waals surface area (Å²) in [6, 6.07) is 11.6. The summed E-state index contributed by atoms with van der Waals surface area (Å²) in [6.07, 6.45) is 1.84. The number of benzene rings is 2. The molecule has 0 radical (unpaired) electrons. The second kappa shape index (κ2) is 9.28. The smallest absolute Gasteiger partial charge is 0.242 e. The first-order valence-electron chi connectivity index (χ1n) is 8.74. The molecule has 0 atom stereocenters. The van der Waals surface area contributed by atoms with E-state index in [0.717, 1.165) is 4.90 Å². The minimum Gasteiger partial charge on any atom is -0.497 e. The van der Waals surface area contributed by atoms with Crippen molar-refractivity contribution in [1.82, 2.24) is 14.9 Å². The van der Waals surface area contributed by atoms with E-state index in [1.807, 2.05) is 6.26 Å². The third kappa shape index (κ3) is 5.17. The number of hydrogen-bond acceptors (Lipinski definition) is 8. The molecule has 0 fully saturated rings. The SMILES string of the molecule is COc1cccc(-c2noc(CNS(=O)(=O)c3ccc(SC)c(NC(C)=O)c3)n2)c1. The van der Waals surface area contributed by atoms with Crippen molar-refractivity contribution in [2.24, 2.45) is 0 Å². The van der Waals surface area contributed by atoms with Crippen molar-refractivity contribution in [3.63, 3.8) is 0 Å². The van der Waals surface area contributed by atoms with Crippen LogP contribution in [0, 0.1) is 0 Å². The fraction of sp³-hybridized carbons (Fsp3) is 0.211. The van der Waals surface area contributed by atoms with E-state index in [0.29, 0.717) is 22.8 Å². The Kier molecular flexibility index (Phi) is 6.75. The highest BCUT2D eigenvalue weighted by Crippen LogP contribution is 2.28. The summed E-state index contributed by atoms with van der Waals surface area (Å²) in [5.41, 5.74) is 1.11. The predicted octanol–water partition coefficient (Wildman–Crippen LogP) is 2.90. The van der Waals surface area contributed by atoms with Gasteiger partial charge >= 0.3 is 0 Å². The molecule has 1 aromatic heterocycles. The molecule has 9 nitrogen and oxygen atoms in total. The van der Waals surface area contributed by atoms with Gasteiger partial charge in [-0.2, -0.15) is 4.98 Å². The fourth-order valence-corrected chi connectivity index (χ4v) is 4.12. The Labute approximate surface area is 178 Å². The Morgan fingerprint density at radius 1 is 1.23 bits per heavy atom. The van der Waals surface area contributed by atoms with Crippen LogP contribution in [-0.4, -0.2) is 37.8 Å². The molecule has 0 aliphatic carbocycles. The summed E-state index contributed by atoms with van der Waals surface area (Å²) < 4.78 is 38.1. The average molecular weight is 449 g/mol. The third-order valence-corrected chi connectivity index (χ3v) is 6.20. The number of hydrogen-bond donors (Lipinski definition) is 2. The van der Waals surface area contributed by atoms with Crippen LogP contribution < -0.4 is 14.8 Å². The molecule has 0 saturated heterocycles. The summed E-state index contributed by atoms with van der Waals surface area (Å²) in [5, 5.41) is 6.52. The molecule has 2 N–H and O–H groups in total. The third-order valence-electron chi connectivity index (χ3n) is 4.00. The lowest BCUT2D eigenvalue weighted by Crippen LogP contribution is -2.23. The molecule has 11 heteroatoms. The molecule has 0 aliphatic heterocycles. The van der Waals surface area contributed by atoms with Crippen LogP contribution in [-0.2, 0) is 21.4 Å². The number of aromatic nitrogens is 2. The van der Waals surface area contributed by atoms with Gasteiger partial charge in [0.1, 0.15) is 5.75 Å². The molecule has 3 aromatic rings. The molecule has 0 spiro atoms. The van der Waals surface area contributed by atoms with Gasteiger partial charge in [-0.05, 0) is 36.6 Å². The number of amides is 1. The highest BCUT2D eigenvalue weighted by molar-refractivity contribution is 7.98. The Morgan fingerprint density at radius 3 is 2.73 bits per heavy atom. The molecular formula is C19H20N4O5S2. The number of anilines is 1. The largest absolute Gasteiger partial charge is 0.497 e. The summed E-state index contributed by atoms with van der Waals surface area (Å²) >= 11 is 1.40.